The number of rotatable bonds is 4. The first-order valence-electron chi connectivity index (χ1n) is 4.70. The minimum absolute atomic E-state index is 0.470. The van der Waals surface area contributed by atoms with Crippen LogP contribution in [0.3, 0.4) is 0 Å². The standard InChI is InChI=1S/C11H17NS/c1-3-13-11-6-4-5-10(7-11)9(2)8-12/h4-7,9H,3,8,12H2,1-2H3. The van der Waals surface area contributed by atoms with Crippen molar-refractivity contribution >= 4 is 11.8 Å². The lowest BCUT2D eigenvalue weighted by molar-refractivity contribution is 0.771. The van der Waals surface area contributed by atoms with Crippen molar-refractivity contribution in [1.82, 2.24) is 0 Å². The van der Waals surface area contributed by atoms with Crippen molar-refractivity contribution in [1.29, 1.82) is 0 Å². The third kappa shape index (κ3) is 3.05. The van der Waals surface area contributed by atoms with E-state index in [-0.39, 0.29) is 0 Å². The van der Waals surface area contributed by atoms with Gasteiger partial charge in [-0.1, -0.05) is 26.0 Å². The molecule has 0 amide bonds. The Morgan fingerprint density at radius 2 is 2.23 bits per heavy atom. The van der Waals surface area contributed by atoms with Crippen molar-refractivity contribution in [2.75, 3.05) is 12.3 Å². The van der Waals surface area contributed by atoms with Crippen LogP contribution in [-0.4, -0.2) is 12.3 Å². The number of hydrogen-bond donors (Lipinski definition) is 1. The Balaban J connectivity index is 2.78. The van der Waals surface area contributed by atoms with Crippen molar-refractivity contribution in [2.45, 2.75) is 24.7 Å². The summed E-state index contributed by atoms with van der Waals surface area (Å²) in [6.45, 7) is 5.06. The normalized spacial score (nSPS) is 12.8. The quantitative estimate of drug-likeness (QED) is 0.748. The van der Waals surface area contributed by atoms with Crippen molar-refractivity contribution in [3.63, 3.8) is 0 Å². The Morgan fingerprint density at radius 3 is 2.85 bits per heavy atom. The highest BCUT2D eigenvalue weighted by molar-refractivity contribution is 7.99. The van der Waals surface area contributed by atoms with E-state index in [0.717, 1.165) is 12.3 Å². The Hall–Kier alpha value is -0.470. The lowest BCUT2D eigenvalue weighted by Gasteiger charge is -2.09. The summed E-state index contributed by atoms with van der Waals surface area (Å²) in [7, 11) is 0. The van der Waals surface area contributed by atoms with Gasteiger partial charge in [0.05, 0.1) is 0 Å². The largest absolute Gasteiger partial charge is 0.330 e. The fourth-order valence-electron chi connectivity index (χ4n) is 1.21. The molecule has 13 heavy (non-hydrogen) atoms. The maximum Gasteiger partial charge on any atom is 0.00746 e. The van der Waals surface area contributed by atoms with Crippen LogP contribution in [-0.2, 0) is 0 Å². The molecule has 2 N–H and O–H groups in total. The number of thioether (sulfide) groups is 1. The molecular formula is C11H17NS. The Kier molecular flexibility index (Phi) is 4.33. The summed E-state index contributed by atoms with van der Waals surface area (Å²) in [5.74, 6) is 1.60. The molecule has 1 nitrogen and oxygen atoms in total. The van der Waals surface area contributed by atoms with Crippen molar-refractivity contribution < 1.29 is 0 Å². The van der Waals surface area contributed by atoms with Gasteiger partial charge in [0, 0.05) is 4.90 Å². The molecule has 0 radical (unpaired) electrons. The predicted octanol–water partition coefficient (Wildman–Crippen LogP) is 2.86. The maximum atomic E-state index is 5.62. The predicted molar refractivity (Wildman–Crippen MR) is 60.3 cm³/mol. The zero-order valence-electron chi connectivity index (χ0n) is 8.29. The first-order chi connectivity index (χ1) is 6.27. The van der Waals surface area contributed by atoms with Gasteiger partial charge in [0.15, 0.2) is 0 Å². The Morgan fingerprint density at radius 1 is 1.46 bits per heavy atom. The molecule has 72 valence electrons. The zero-order valence-corrected chi connectivity index (χ0v) is 9.10. The van der Waals surface area contributed by atoms with Crippen molar-refractivity contribution in [2.24, 2.45) is 5.73 Å². The van der Waals surface area contributed by atoms with Gasteiger partial charge in [0.1, 0.15) is 0 Å². The highest BCUT2D eigenvalue weighted by atomic mass is 32.2. The van der Waals surface area contributed by atoms with Crippen molar-refractivity contribution in [3.8, 4) is 0 Å². The number of benzene rings is 1. The van der Waals surface area contributed by atoms with Gasteiger partial charge >= 0.3 is 0 Å². The van der Waals surface area contributed by atoms with Gasteiger partial charge < -0.3 is 5.73 Å². The SMILES string of the molecule is CCSc1cccc(C(C)CN)c1. The van der Waals surface area contributed by atoms with E-state index in [0.29, 0.717) is 5.92 Å². The highest BCUT2D eigenvalue weighted by Gasteiger charge is 2.02. The van der Waals surface area contributed by atoms with Crippen LogP contribution in [0.25, 0.3) is 0 Å². The van der Waals surface area contributed by atoms with Crippen molar-refractivity contribution in [3.05, 3.63) is 29.8 Å². The fraction of sp³-hybridized carbons (Fsp3) is 0.455. The lowest BCUT2D eigenvalue weighted by atomic mass is 10.0. The molecule has 0 bridgehead atoms. The summed E-state index contributed by atoms with van der Waals surface area (Å²) < 4.78 is 0. The van der Waals surface area contributed by atoms with Gasteiger partial charge in [-0.05, 0) is 35.9 Å². The topological polar surface area (TPSA) is 26.0 Å². The summed E-state index contributed by atoms with van der Waals surface area (Å²) in [5.41, 5.74) is 6.97. The van der Waals surface area contributed by atoms with E-state index >= 15 is 0 Å². The number of nitrogens with two attached hydrogens (primary N) is 1. The molecule has 1 aromatic rings. The van der Waals surface area contributed by atoms with E-state index in [2.05, 4.69) is 38.1 Å². The Bertz CT molecular complexity index is 260. The van der Waals surface area contributed by atoms with E-state index in [1.807, 2.05) is 11.8 Å². The molecule has 0 aromatic heterocycles. The van der Waals surface area contributed by atoms with E-state index in [9.17, 15) is 0 Å². The molecule has 0 fully saturated rings. The van der Waals surface area contributed by atoms with Gasteiger partial charge in [0.2, 0.25) is 0 Å². The van der Waals surface area contributed by atoms with Crippen LogP contribution in [0.1, 0.15) is 25.3 Å². The maximum absolute atomic E-state index is 5.62. The smallest absolute Gasteiger partial charge is 0.00746 e. The molecular weight excluding hydrogens is 178 g/mol. The van der Waals surface area contributed by atoms with Crippen LogP contribution in [0.15, 0.2) is 29.2 Å². The van der Waals surface area contributed by atoms with E-state index in [1.54, 1.807) is 0 Å². The van der Waals surface area contributed by atoms with E-state index in [4.69, 9.17) is 5.73 Å². The van der Waals surface area contributed by atoms with Gasteiger partial charge in [-0.25, -0.2) is 0 Å². The summed E-state index contributed by atoms with van der Waals surface area (Å²) in [6, 6.07) is 8.66. The van der Waals surface area contributed by atoms with Crippen LogP contribution in [0.4, 0.5) is 0 Å². The molecule has 0 aliphatic heterocycles. The molecule has 1 aromatic carbocycles. The lowest BCUT2D eigenvalue weighted by Crippen LogP contribution is -2.08. The first-order valence-corrected chi connectivity index (χ1v) is 5.69. The molecule has 1 atom stereocenters. The molecule has 0 aliphatic carbocycles. The van der Waals surface area contributed by atoms with E-state index in [1.165, 1.54) is 10.5 Å². The van der Waals surface area contributed by atoms with Gasteiger partial charge in [0.25, 0.3) is 0 Å². The number of hydrogen-bond acceptors (Lipinski definition) is 2. The third-order valence-corrected chi connectivity index (χ3v) is 2.97. The highest BCUT2D eigenvalue weighted by Crippen LogP contribution is 2.22. The van der Waals surface area contributed by atoms with E-state index < -0.39 is 0 Å². The zero-order chi connectivity index (χ0) is 9.68. The molecule has 0 saturated carbocycles. The van der Waals surface area contributed by atoms with Gasteiger partial charge in [-0.3, -0.25) is 0 Å². The van der Waals surface area contributed by atoms with Crippen LogP contribution >= 0.6 is 11.8 Å². The van der Waals surface area contributed by atoms with Crippen LogP contribution in [0, 0.1) is 0 Å². The second kappa shape index (κ2) is 5.30. The average Bonchev–Trinajstić information content (AvgIpc) is 2.18. The monoisotopic (exact) mass is 195 g/mol. The molecule has 1 unspecified atom stereocenters. The second-order valence-electron chi connectivity index (χ2n) is 3.14. The fourth-order valence-corrected chi connectivity index (χ4v) is 1.94. The summed E-state index contributed by atoms with van der Waals surface area (Å²) >= 11 is 1.88. The molecule has 0 spiro atoms. The molecule has 1 rings (SSSR count). The van der Waals surface area contributed by atoms with Crippen LogP contribution < -0.4 is 5.73 Å². The van der Waals surface area contributed by atoms with Crippen LogP contribution in [0.5, 0.6) is 0 Å². The molecule has 0 heterocycles. The molecule has 2 heteroatoms. The first kappa shape index (κ1) is 10.6. The summed E-state index contributed by atoms with van der Waals surface area (Å²) in [4.78, 5) is 1.35. The Labute approximate surface area is 84.7 Å². The molecule has 0 saturated heterocycles. The van der Waals surface area contributed by atoms with Gasteiger partial charge in [-0.15, -0.1) is 11.8 Å². The summed E-state index contributed by atoms with van der Waals surface area (Å²) in [6.07, 6.45) is 0. The average molecular weight is 195 g/mol. The third-order valence-electron chi connectivity index (χ3n) is 2.09. The minimum atomic E-state index is 0.470. The minimum Gasteiger partial charge on any atom is -0.330 e. The summed E-state index contributed by atoms with van der Waals surface area (Å²) in [5, 5.41) is 0. The second-order valence-corrected chi connectivity index (χ2v) is 4.48. The van der Waals surface area contributed by atoms with Crippen LogP contribution in [0.2, 0.25) is 0 Å². The molecule has 0 aliphatic rings. The van der Waals surface area contributed by atoms with Gasteiger partial charge in [-0.2, -0.15) is 0 Å².